The van der Waals surface area contributed by atoms with Gasteiger partial charge in [-0.2, -0.15) is 5.10 Å². The van der Waals surface area contributed by atoms with Gasteiger partial charge in [-0.1, -0.05) is 36.4 Å². The predicted octanol–water partition coefficient (Wildman–Crippen LogP) is 2.36. The molecule has 0 aliphatic carbocycles. The molecule has 0 aliphatic heterocycles. The van der Waals surface area contributed by atoms with E-state index in [9.17, 15) is 14.4 Å². The lowest BCUT2D eigenvalue weighted by Crippen LogP contribution is -2.49. The molecule has 4 aromatic rings. The van der Waals surface area contributed by atoms with Crippen molar-refractivity contribution in [2.24, 2.45) is 0 Å². The molecule has 4 rings (SSSR count). The summed E-state index contributed by atoms with van der Waals surface area (Å²) >= 11 is 0. The van der Waals surface area contributed by atoms with E-state index in [1.54, 1.807) is 36.8 Å². The van der Waals surface area contributed by atoms with Gasteiger partial charge in [0.05, 0.1) is 23.9 Å². The third-order valence-corrected chi connectivity index (χ3v) is 5.34. The van der Waals surface area contributed by atoms with Gasteiger partial charge in [0.15, 0.2) is 5.95 Å². The van der Waals surface area contributed by atoms with Crippen molar-refractivity contribution in [2.45, 2.75) is 19.1 Å². The number of rotatable bonds is 12. The van der Waals surface area contributed by atoms with Crippen molar-refractivity contribution in [2.75, 3.05) is 25.0 Å². The van der Waals surface area contributed by atoms with Crippen LogP contribution in [0, 0.1) is 0 Å². The molecule has 5 N–H and O–H groups in total. The molecule has 0 saturated heterocycles. The monoisotopic (exact) mass is 505 g/mol. The molecule has 12 nitrogen and oxygen atoms in total. The van der Waals surface area contributed by atoms with Crippen LogP contribution in [0.25, 0.3) is 10.9 Å². The number of nitrogens with one attached hydrogen (secondary N) is 5. The SMILES string of the molecule is O=C(NC(CNC(=O)c1cccc2[nH]ncc12)C(=O)OCCCNc1ncc[nH]1)OCc1ccccc1. The summed E-state index contributed by atoms with van der Waals surface area (Å²) in [4.78, 5) is 45.0. The van der Waals surface area contributed by atoms with Gasteiger partial charge in [0.1, 0.15) is 12.6 Å². The highest BCUT2D eigenvalue weighted by Crippen LogP contribution is 2.15. The molecule has 0 radical (unpaired) electrons. The summed E-state index contributed by atoms with van der Waals surface area (Å²) in [6.45, 7) is 0.453. The highest BCUT2D eigenvalue weighted by atomic mass is 16.6. The lowest BCUT2D eigenvalue weighted by Gasteiger charge is -2.18. The summed E-state index contributed by atoms with van der Waals surface area (Å²) in [6, 6.07) is 13.1. The van der Waals surface area contributed by atoms with Gasteiger partial charge in [-0.25, -0.2) is 14.6 Å². The Kier molecular flexibility index (Phi) is 8.68. The molecular formula is C25H27N7O5. The summed E-state index contributed by atoms with van der Waals surface area (Å²) in [5.74, 6) is -0.509. The number of amides is 2. The van der Waals surface area contributed by atoms with Crippen LogP contribution in [0.4, 0.5) is 10.7 Å². The minimum Gasteiger partial charge on any atom is -0.464 e. The third kappa shape index (κ3) is 7.31. The Morgan fingerprint density at radius 1 is 1.03 bits per heavy atom. The third-order valence-electron chi connectivity index (χ3n) is 5.34. The number of anilines is 1. The molecule has 37 heavy (non-hydrogen) atoms. The van der Waals surface area contributed by atoms with Gasteiger partial charge in [0.2, 0.25) is 0 Å². The van der Waals surface area contributed by atoms with E-state index >= 15 is 0 Å². The zero-order valence-corrected chi connectivity index (χ0v) is 19.9. The first kappa shape index (κ1) is 25.2. The largest absolute Gasteiger partial charge is 0.464 e. The zero-order chi connectivity index (χ0) is 25.9. The van der Waals surface area contributed by atoms with Gasteiger partial charge in [-0.05, 0) is 24.1 Å². The molecule has 2 aromatic heterocycles. The van der Waals surface area contributed by atoms with Crippen LogP contribution in [0.15, 0.2) is 67.1 Å². The summed E-state index contributed by atoms with van der Waals surface area (Å²) in [6.07, 6.45) is 4.56. The van der Waals surface area contributed by atoms with Crippen molar-refractivity contribution in [1.82, 2.24) is 30.8 Å². The van der Waals surface area contributed by atoms with Crippen LogP contribution in [0.3, 0.4) is 0 Å². The van der Waals surface area contributed by atoms with Crippen molar-refractivity contribution in [3.63, 3.8) is 0 Å². The average Bonchev–Trinajstić information content (AvgIpc) is 3.62. The number of fused-ring (bicyclic) bond motifs is 1. The van der Waals surface area contributed by atoms with Crippen molar-refractivity contribution in [3.8, 4) is 0 Å². The quantitative estimate of drug-likeness (QED) is 0.145. The van der Waals surface area contributed by atoms with Crippen LogP contribution in [0.5, 0.6) is 0 Å². The number of hydrogen-bond donors (Lipinski definition) is 5. The normalized spacial score (nSPS) is 11.5. The molecule has 0 aliphatic rings. The number of ether oxygens (including phenoxy) is 2. The fourth-order valence-corrected chi connectivity index (χ4v) is 3.47. The minimum absolute atomic E-state index is 0.0295. The molecule has 2 heterocycles. The first-order valence-corrected chi connectivity index (χ1v) is 11.7. The molecule has 1 atom stereocenters. The molecule has 12 heteroatoms. The Labute approximate surface area is 212 Å². The first-order valence-electron chi connectivity index (χ1n) is 11.7. The lowest BCUT2D eigenvalue weighted by atomic mass is 10.1. The Hall–Kier alpha value is -4.87. The van der Waals surface area contributed by atoms with Crippen LogP contribution in [0.2, 0.25) is 0 Å². The standard InChI is InChI=1S/C25H27N7O5/c33-22(18-8-4-9-20-19(18)14-30-32-20)29-15-21(31-25(35)37-16-17-6-2-1-3-7-17)23(34)36-13-5-10-26-24-27-11-12-28-24/h1-4,6-9,11-12,14,21H,5,10,13,15-16H2,(H,29,33)(H,30,32)(H,31,35)(H2,26,27,28). The Bertz CT molecular complexity index is 1310. The Morgan fingerprint density at radius 3 is 2.70 bits per heavy atom. The van der Waals surface area contributed by atoms with Crippen LogP contribution < -0.4 is 16.0 Å². The summed E-state index contributed by atoms with van der Waals surface area (Å²) < 4.78 is 10.6. The smallest absolute Gasteiger partial charge is 0.408 e. The molecular weight excluding hydrogens is 478 g/mol. The molecule has 0 spiro atoms. The van der Waals surface area contributed by atoms with E-state index in [4.69, 9.17) is 9.47 Å². The van der Waals surface area contributed by atoms with E-state index in [0.29, 0.717) is 35.4 Å². The molecule has 192 valence electrons. The number of benzene rings is 2. The van der Waals surface area contributed by atoms with Gasteiger partial charge >= 0.3 is 12.1 Å². The van der Waals surface area contributed by atoms with E-state index < -0.39 is 24.0 Å². The molecule has 0 fully saturated rings. The second-order valence-electron chi connectivity index (χ2n) is 7.99. The number of aromatic amines is 2. The molecule has 2 amide bonds. The summed E-state index contributed by atoms with van der Waals surface area (Å²) in [5, 5.41) is 15.6. The fraction of sp³-hybridized carbons (Fsp3) is 0.240. The van der Waals surface area contributed by atoms with Crippen LogP contribution in [0.1, 0.15) is 22.3 Å². The van der Waals surface area contributed by atoms with Crippen LogP contribution in [-0.2, 0) is 20.9 Å². The van der Waals surface area contributed by atoms with Gasteiger partial charge < -0.3 is 30.4 Å². The van der Waals surface area contributed by atoms with Crippen molar-refractivity contribution < 1.29 is 23.9 Å². The highest BCUT2D eigenvalue weighted by molar-refractivity contribution is 6.06. The first-order chi connectivity index (χ1) is 18.1. The number of nitrogens with zero attached hydrogens (tertiary/aromatic N) is 2. The van der Waals surface area contributed by atoms with E-state index in [0.717, 1.165) is 5.56 Å². The fourth-order valence-electron chi connectivity index (χ4n) is 3.47. The van der Waals surface area contributed by atoms with Crippen LogP contribution >= 0.6 is 0 Å². The van der Waals surface area contributed by atoms with Gasteiger partial charge in [0, 0.05) is 30.9 Å². The summed E-state index contributed by atoms with van der Waals surface area (Å²) in [5.41, 5.74) is 1.88. The number of imidazole rings is 1. The number of esters is 1. The molecule has 0 saturated carbocycles. The maximum absolute atomic E-state index is 12.8. The minimum atomic E-state index is -1.16. The van der Waals surface area contributed by atoms with E-state index in [1.807, 2.05) is 30.3 Å². The van der Waals surface area contributed by atoms with Gasteiger partial charge in [0.25, 0.3) is 5.91 Å². The zero-order valence-electron chi connectivity index (χ0n) is 19.9. The maximum Gasteiger partial charge on any atom is 0.408 e. The number of carbonyl (C=O) groups excluding carboxylic acids is 3. The number of hydrogen-bond acceptors (Lipinski definition) is 8. The highest BCUT2D eigenvalue weighted by Gasteiger charge is 2.24. The predicted molar refractivity (Wildman–Crippen MR) is 135 cm³/mol. The van der Waals surface area contributed by atoms with Crippen LogP contribution in [-0.4, -0.2) is 63.9 Å². The number of H-pyrrole nitrogens is 2. The van der Waals surface area contributed by atoms with Gasteiger partial charge in [-0.15, -0.1) is 0 Å². The number of aromatic nitrogens is 4. The van der Waals surface area contributed by atoms with Crippen molar-refractivity contribution >= 4 is 34.8 Å². The topological polar surface area (TPSA) is 163 Å². The second kappa shape index (κ2) is 12.7. The average molecular weight is 506 g/mol. The lowest BCUT2D eigenvalue weighted by molar-refractivity contribution is -0.145. The van der Waals surface area contributed by atoms with Gasteiger partial charge in [-0.3, -0.25) is 9.89 Å². The molecule has 2 aromatic carbocycles. The van der Waals surface area contributed by atoms with Crippen molar-refractivity contribution in [1.29, 1.82) is 0 Å². The van der Waals surface area contributed by atoms with E-state index in [-0.39, 0.29) is 19.8 Å². The molecule has 0 bridgehead atoms. The Morgan fingerprint density at radius 2 is 1.89 bits per heavy atom. The number of carbonyl (C=O) groups is 3. The maximum atomic E-state index is 12.8. The summed E-state index contributed by atoms with van der Waals surface area (Å²) in [7, 11) is 0. The van der Waals surface area contributed by atoms with E-state index in [2.05, 4.69) is 36.1 Å². The molecule has 1 unspecified atom stereocenters. The van der Waals surface area contributed by atoms with E-state index in [1.165, 1.54) is 0 Å². The second-order valence-corrected chi connectivity index (χ2v) is 7.99. The Balaban J connectivity index is 1.32. The number of alkyl carbamates (subject to hydrolysis) is 1. The van der Waals surface area contributed by atoms with Crippen molar-refractivity contribution in [3.05, 3.63) is 78.2 Å².